The predicted octanol–water partition coefficient (Wildman–Crippen LogP) is 5.51. The van der Waals surface area contributed by atoms with E-state index in [9.17, 15) is 29.7 Å². The first-order valence-corrected chi connectivity index (χ1v) is 16.6. The molecule has 0 saturated heterocycles. The highest BCUT2D eigenvalue weighted by atomic mass is 16.5. The van der Waals surface area contributed by atoms with Gasteiger partial charge in [0, 0.05) is 72.3 Å². The Balaban J connectivity index is 1.99. The van der Waals surface area contributed by atoms with Crippen molar-refractivity contribution in [1.82, 2.24) is 24.8 Å². The molecule has 49 heavy (non-hydrogen) atoms. The van der Waals surface area contributed by atoms with Gasteiger partial charge in [0.15, 0.2) is 0 Å². The second-order valence-corrected chi connectivity index (χ2v) is 12.9. The van der Waals surface area contributed by atoms with Crippen LogP contribution in [0.3, 0.4) is 0 Å². The van der Waals surface area contributed by atoms with Gasteiger partial charge >= 0.3 is 11.9 Å². The Labute approximate surface area is 284 Å². The van der Waals surface area contributed by atoms with E-state index in [0.29, 0.717) is 64.6 Å². The molecule has 8 bridgehead atoms. The van der Waals surface area contributed by atoms with E-state index in [1.54, 1.807) is 21.1 Å². The fraction of sp³-hybridized carbons (Fsp3) is 0.432. The van der Waals surface area contributed by atoms with E-state index in [4.69, 9.17) is 14.7 Å². The highest BCUT2D eigenvalue weighted by molar-refractivity contribution is 6.03. The Morgan fingerprint density at radius 3 is 2.31 bits per heavy atom. The molecule has 12 nitrogen and oxygen atoms in total. The van der Waals surface area contributed by atoms with E-state index >= 15 is 0 Å². The number of likely N-dealkylation sites (N-methyl/N-ethyl adjacent to an activating group) is 1. The molecule has 5 rings (SSSR count). The number of aliphatic hydroxyl groups excluding tert-OH is 1. The lowest BCUT2D eigenvalue weighted by atomic mass is 9.85. The van der Waals surface area contributed by atoms with Gasteiger partial charge in [-0.15, -0.1) is 0 Å². The first kappa shape index (κ1) is 35.5. The lowest BCUT2D eigenvalue weighted by Crippen LogP contribution is -2.31. The van der Waals surface area contributed by atoms with E-state index in [1.165, 1.54) is 4.90 Å². The molecule has 12 heteroatoms. The van der Waals surface area contributed by atoms with Crippen LogP contribution in [-0.4, -0.2) is 91.9 Å². The van der Waals surface area contributed by atoms with Crippen molar-refractivity contribution in [2.24, 2.45) is 0 Å². The number of aromatic nitrogens is 4. The number of aliphatic carboxylic acids is 1. The number of nitrogens with zero attached hydrogens (tertiary/aromatic N) is 3. The summed E-state index contributed by atoms with van der Waals surface area (Å²) < 4.78 is 5.18. The van der Waals surface area contributed by atoms with Crippen LogP contribution in [0.2, 0.25) is 0 Å². The monoisotopic (exact) mass is 671 g/mol. The van der Waals surface area contributed by atoms with Gasteiger partial charge in [0.2, 0.25) is 5.91 Å². The van der Waals surface area contributed by atoms with E-state index in [0.717, 1.165) is 27.7 Å². The number of aryl methyl sites for hydroxylation is 3. The Kier molecular flexibility index (Phi) is 10.4. The second kappa shape index (κ2) is 14.4. The minimum absolute atomic E-state index is 0.0288. The molecular weight excluding hydrogens is 626 g/mol. The van der Waals surface area contributed by atoms with Crippen LogP contribution in [0, 0.1) is 13.8 Å². The number of allylic oxidation sites excluding steroid dienone is 1. The van der Waals surface area contributed by atoms with Crippen molar-refractivity contribution < 1.29 is 34.4 Å². The van der Waals surface area contributed by atoms with Gasteiger partial charge in [0.25, 0.3) is 0 Å². The maximum absolute atomic E-state index is 13.8. The van der Waals surface area contributed by atoms with Crippen LogP contribution in [0.15, 0.2) is 18.2 Å². The summed E-state index contributed by atoms with van der Waals surface area (Å²) in [4.78, 5) is 57.0. The number of carbonyl (C=O) groups is 3. The molecule has 2 atom stereocenters. The Morgan fingerprint density at radius 1 is 0.959 bits per heavy atom. The number of nitrogens with one attached hydrogen (secondary N) is 2. The fourth-order valence-corrected chi connectivity index (χ4v) is 7.00. The smallest absolute Gasteiger partial charge is 0.338 e. The number of hydrogen-bond donors (Lipinski definition) is 5. The van der Waals surface area contributed by atoms with Crippen LogP contribution in [0.25, 0.3) is 33.2 Å². The van der Waals surface area contributed by atoms with E-state index < -0.39 is 17.9 Å². The first-order valence-electron chi connectivity index (χ1n) is 16.6. The van der Waals surface area contributed by atoms with Crippen molar-refractivity contribution in [3.63, 3.8) is 0 Å². The molecule has 1 amide bonds. The number of carbonyl (C=O) groups excluding carboxylic acids is 1. The quantitative estimate of drug-likeness (QED) is 0.175. The zero-order valence-electron chi connectivity index (χ0n) is 29.2. The molecule has 2 aliphatic heterocycles. The van der Waals surface area contributed by atoms with Crippen LogP contribution < -0.4 is 0 Å². The number of aromatic carboxylic acids is 1. The number of carboxylic acid groups (broad SMARTS) is 2. The zero-order chi connectivity index (χ0) is 35.7. The highest BCUT2D eigenvalue weighted by Gasteiger charge is 2.34. The van der Waals surface area contributed by atoms with Crippen LogP contribution in [0.1, 0.15) is 101 Å². The van der Waals surface area contributed by atoms with Gasteiger partial charge in [-0.2, -0.15) is 0 Å². The fourth-order valence-electron chi connectivity index (χ4n) is 7.00. The molecule has 0 unspecified atom stereocenters. The molecule has 260 valence electrons. The standard InChI is InChI=1S/C37H45N5O7/c1-8-22-18(2)27-15-31-25(17-43)20(4)26(39-31)14-28-19(3)23(9-10-33(45)46)35(40-28)24(13-32(44)42(6)11-12-49-7)36-34(37(47)48)21(5)29(41-36)16-30(22)38-27/h14-16,19,23,38,41,43H,8-13,17H2,1-7H3,(H,45,46)(H,47,48)/t19-,23-/m0/s1. The van der Waals surface area contributed by atoms with Crippen molar-refractivity contribution >= 4 is 51.1 Å². The summed E-state index contributed by atoms with van der Waals surface area (Å²) in [6.07, 6.45) is 0.622. The number of carboxylic acids is 2. The summed E-state index contributed by atoms with van der Waals surface area (Å²) in [6, 6.07) is 5.67. The average molecular weight is 672 g/mol. The SMILES string of the molecule is CCc1c(C)c2cc3nc(cc4nc(c(CC(=O)N(C)CCOC)c5[nH]c(cc1[nH]2)c(C)c5C(=O)O)[C@@H](CCC(=O)O)[C@@H]4C)C(C)=C3CO. The van der Waals surface area contributed by atoms with Gasteiger partial charge in [0.1, 0.15) is 0 Å². The van der Waals surface area contributed by atoms with Gasteiger partial charge in [0.05, 0.1) is 47.8 Å². The van der Waals surface area contributed by atoms with Crippen molar-refractivity contribution in [3.8, 4) is 0 Å². The summed E-state index contributed by atoms with van der Waals surface area (Å²) in [5.41, 5.74) is 9.28. The molecular formula is C37H45N5O7. The van der Waals surface area contributed by atoms with Gasteiger partial charge in [-0.05, 0) is 74.1 Å². The van der Waals surface area contributed by atoms with E-state index in [2.05, 4.69) is 16.9 Å². The van der Waals surface area contributed by atoms with Crippen LogP contribution in [-0.2, 0) is 27.2 Å². The van der Waals surface area contributed by atoms with Gasteiger partial charge < -0.3 is 34.9 Å². The lowest BCUT2D eigenvalue weighted by Gasteiger charge is -2.20. The van der Waals surface area contributed by atoms with Crippen LogP contribution in [0.5, 0.6) is 0 Å². The third-order valence-corrected chi connectivity index (χ3v) is 10.0. The molecule has 5 heterocycles. The number of hydrogen-bond acceptors (Lipinski definition) is 7. The Hall–Kier alpha value is -4.81. The summed E-state index contributed by atoms with van der Waals surface area (Å²) in [6.45, 7) is 10.1. The van der Waals surface area contributed by atoms with Gasteiger partial charge in [-0.3, -0.25) is 14.6 Å². The maximum atomic E-state index is 13.8. The number of aromatic amines is 2. The van der Waals surface area contributed by atoms with Crippen molar-refractivity contribution in [1.29, 1.82) is 0 Å². The highest BCUT2D eigenvalue weighted by Crippen LogP contribution is 2.43. The number of amides is 1. The van der Waals surface area contributed by atoms with Crippen molar-refractivity contribution in [2.75, 3.05) is 33.9 Å². The predicted molar refractivity (Wildman–Crippen MR) is 188 cm³/mol. The number of fused-ring (bicyclic) bond motifs is 8. The molecule has 3 aromatic rings. The van der Waals surface area contributed by atoms with Gasteiger partial charge in [-0.25, -0.2) is 9.78 Å². The van der Waals surface area contributed by atoms with Crippen LogP contribution >= 0.6 is 0 Å². The molecule has 0 fully saturated rings. The average Bonchev–Trinajstić information content (AvgIpc) is 3.74. The normalized spacial score (nSPS) is 15.9. The summed E-state index contributed by atoms with van der Waals surface area (Å²) in [5, 5.41) is 30.7. The first-order chi connectivity index (χ1) is 23.3. The third kappa shape index (κ3) is 6.75. The number of rotatable bonds is 11. The molecule has 5 N–H and O–H groups in total. The Morgan fingerprint density at radius 2 is 1.67 bits per heavy atom. The third-order valence-electron chi connectivity index (χ3n) is 10.0. The summed E-state index contributed by atoms with van der Waals surface area (Å²) in [5.74, 6) is -3.10. The molecule has 0 saturated carbocycles. The number of aliphatic hydroxyl groups is 1. The maximum Gasteiger partial charge on any atom is 0.338 e. The lowest BCUT2D eigenvalue weighted by molar-refractivity contribution is -0.137. The van der Waals surface area contributed by atoms with E-state index in [1.807, 2.05) is 39.0 Å². The minimum atomic E-state index is -1.16. The number of ether oxygens (including phenoxy) is 1. The molecule has 0 aliphatic carbocycles. The van der Waals surface area contributed by atoms with Crippen molar-refractivity contribution in [3.05, 3.63) is 68.8 Å². The summed E-state index contributed by atoms with van der Waals surface area (Å²) in [7, 11) is 3.21. The Bertz CT molecular complexity index is 2020. The molecule has 0 spiro atoms. The largest absolute Gasteiger partial charge is 0.481 e. The molecule has 0 radical (unpaired) electrons. The van der Waals surface area contributed by atoms with Crippen LogP contribution in [0.4, 0.5) is 0 Å². The molecule has 3 aromatic heterocycles. The number of H-pyrrole nitrogens is 2. The number of methoxy groups -OCH3 is 1. The van der Waals surface area contributed by atoms with Crippen molar-refractivity contribution in [2.45, 2.75) is 72.1 Å². The second-order valence-electron chi connectivity index (χ2n) is 12.9. The molecule has 0 aromatic carbocycles. The zero-order valence-corrected chi connectivity index (χ0v) is 29.2. The topological polar surface area (TPSA) is 182 Å². The summed E-state index contributed by atoms with van der Waals surface area (Å²) >= 11 is 0. The van der Waals surface area contributed by atoms with Gasteiger partial charge in [-0.1, -0.05) is 13.8 Å². The minimum Gasteiger partial charge on any atom is -0.481 e. The molecule has 2 aliphatic rings. The van der Waals surface area contributed by atoms with E-state index in [-0.39, 0.29) is 48.8 Å².